The van der Waals surface area contributed by atoms with Gasteiger partial charge in [0.25, 0.3) is 0 Å². The summed E-state index contributed by atoms with van der Waals surface area (Å²) in [5.41, 5.74) is 4.57. The zero-order valence-electron chi connectivity index (χ0n) is 21.9. The van der Waals surface area contributed by atoms with Gasteiger partial charge >= 0.3 is 0 Å². The molecule has 3 aromatic rings. The summed E-state index contributed by atoms with van der Waals surface area (Å²) < 4.78 is 0. The molecule has 0 amide bonds. The van der Waals surface area contributed by atoms with E-state index in [4.69, 9.17) is 0 Å². The zero-order chi connectivity index (χ0) is 23.7. The van der Waals surface area contributed by atoms with Gasteiger partial charge in [0.15, 0.2) is 0 Å². The molecule has 0 aromatic heterocycles. The Balaban J connectivity index is 0.00000432. The molecule has 0 heterocycles. The molecule has 0 fully saturated rings. The van der Waals surface area contributed by atoms with Crippen molar-refractivity contribution in [2.75, 3.05) is 6.16 Å². The smallest absolute Gasteiger partial charge is 0.0849 e. The molecule has 0 nitrogen and oxygen atoms in total. The fourth-order valence-electron chi connectivity index (χ4n) is 5.25. The Morgan fingerprint density at radius 2 is 0.743 bits per heavy atom. The van der Waals surface area contributed by atoms with Crippen LogP contribution in [0.5, 0.6) is 0 Å². The van der Waals surface area contributed by atoms with Gasteiger partial charge in [-0.1, -0.05) is 149 Å². The predicted octanol–water partition coefficient (Wildman–Crippen LogP) is 7.53. The van der Waals surface area contributed by atoms with Crippen molar-refractivity contribution < 1.29 is 24.0 Å². The summed E-state index contributed by atoms with van der Waals surface area (Å²) in [6.07, 6.45) is 19.3. The van der Waals surface area contributed by atoms with Crippen LogP contribution in [0, 0.1) is 0 Å². The highest BCUT2D eigenvalue weighted by molar-refractivity contribution is 7.73. The topological polar surface area (TPSA) is 0 Å². The van der Waals surface area contributed by atoms with Gasteiger partial charge in [0, 0.05) is 7.26 Å². The Hall–Kier alpha value is -1.18. The van der Waals surface area contributed by atoms with Gasteiger partial charge in [-0.05, 0) is 29.5 Å². The van der Waals surface area contributed by atoms with Crippen LogP contribution in [0.4, 0.5) is 0 Å². The van der Waals surface area contributed by atoms with Crippen LogP contribution in [0.2, 0.25) is 0 Å². The Morgan fingerprint density at radius 1 is 0.429 bits per heavy atom. The molecule has 0 aliphatic heterocycles. The van der Waals surface area contributed by atoms with Crippen LogP contribution < -0.4 is 24.0 Å². The summed E-state index contributed by atoms with van der Waals surface area (Å²) in [4.78, 5) is 0. The maximum Gasteiger partial charge on any atom is 0.0849 e. The van der Waals surface area contributed by atoms with Crippen LogP contribution in [0.1, 0.15) is 87.8 Å². The minimum Gasteiger partial charge on any atom is -1.00 e. The summed E-state index contributed by atoms with van der Waals surface area (Å²) in [5, 5.41) is 0. The monoisotopic (exact) mass is 600 g/mol. The second-order valence-corrected chi connectivity index (χ2v) is 14.3. The van der Waals surface area contributed by atoms with E-state index in [1.54, 1.807) is 0 Å². The van der Waals surface area contributed by atoms with Crippen LogP contribution in [0.3, 0.4) is 0 Å². The van der Waals surface area contributed by atoms with Crippen LogP contribution in [0.25, 0.3) is 0 Å². The van der Waals surface area contributed by atoms with Gasteiger partial charge in [0.1, 0.15) is 0 Å². The first-order valence-corrected chi connectivity index (χ1v) is 16.3. The fraction of sp³-hybridized carbons (Fsp3) is 0.455. The lowest BCUT2D eigenvalue weighted by Crippen LogP contribution is -3.00. The first-order chi connectivity index (χ1) is 16.8. The molecule has 3 rings (SSSR count). The molecule has 0 N–H and O–H groups in total. The first-order valence-electron chi connectivity index (χ1n) is 13.8. The fourth-order valence-corrected chi connectivity index (χ4v) is 9.91. The average Bonchev–Trinajstić information content (AvgIpc) is 2.87. The molecule has 0 aliphatic rings. The third-order valence-electron chi connectivity index (χ3n) is 7.07. The number of benzene rings is 3. The van der Waals surface area contributed by atoms with Gasteiger partial charge in [0.2, 0.25) is 0 Å². The Bertz CT molecular complexity index is 777. The summed E-state index contributed by atoms with van der Waals surface area (Å²) in [7, 11) is -1.24. The van der Waals surface area contributed by atoms with Gasteiger partial charge in [-0.3, -0.25) is 0 Å². The Morgan fingerprint density at radius 3 is 1.09 bits per heavy atom. The van der Waals surface area contributed by atoms with Crippen molar-refractivity contribution in [1.29, 1.82) is 0 Å². The van der Waals surface area contributed by atoms with Gasteiger partial charge < -0.3 is 24.0 Å². The maximum atomic E-state index is 2.35. The van der Waals surface area contributed by atoms with Crippen LogP contribution >= 0.6 is 7.26 Å². The molecular formula is C33H46IP. The third kappa shape index (κ3) is 12.1. The SMILES string of the molecule is CCCCCCCCCCCC[P+](Cc1ccccc1)(Cc1ccccc1)Cc1ccccc1.[I-]. The van der Waals surface area contributed by atoms with E-state index in [1.807, 2.05) is 0 Å². The lowest BCUT2D eigenvalue weighted by Gasteiger charge is -2.29. The van der Waals surface area contributed by atoms with E-state index >= 15 is 0 Å². The first kappa shape index (κ1) is 30.0. The van der Waals surface area contributed by atoms with E-state index in [0.29, 0.717) is 0 Å². The number of halogens is 1. The highest BCUT2D eigenvalue weighted by Gasteiger charge is 2.37. The van der Waals surface area contributed by atoms with E-state index in [2.05, 4.69) is 97.9 Å². The largest absolute Gasteiger partial charge is 1.00 e. The minimum atomic E-state index is -1.24. The minimum absolute atomic E-state index is 0. The van der Waals surface area contributed by atoms with Gasteiger partial charge in [-0.2, -0.15) is 0 Å². The van der Waals surface area contributed by atoms with Crippen LogP contribution in [-0.2, 0) is 18.5 Å². The molecule has 0 saturated heterocycles. The van der Waals surface area contributed by atoms with Crippen molar-refractivity contribution in [3.8, 4) is 0 Å². The molecule has 0 atom stereocenters. The summed E-state index contributed by atoms with van der Waals surface area (Å²) >= 11 is 0. The lowest BCUT2D eigenvalue weighted by molar-refractivity contribution is -0.00000728. The maximum absolute atomic E-state index is 2.35. The molecule has 0 saturated carbocycles. The second kappa shape index (κ2) is 18.1. The average molecular weight is 601 g/mol. The Labute approximate surface area is 233 Å². The number of hydrogen-bond acceptors (Lipinski definition) is 0. The second-order valence-electron chi connectivity index (χ2n) is 10.2. The normalized spacial score (nSPS) is 11.2. The zero-order valence-corrected chi connectivity index (χ0v) is 24.9. The van der Waals surface area contributed by atoms with Crippen molar-refractivity contribution in [2.24, 2.45) is 0 Å². The lowest BCUT2D eigenvalue weighted by atomic mass is 10.1. The molecule has 0 unspecified atom stereocenters. The van der Waals surface area contributed by atoms with E-state index < -0.39 is 7.26 Å². The summed E-state index contributed by atoms with van der Waals surface area (Å²) in [6, 6.07) is 33.9. The van der Waals surface area contributed by atoms with Gasteiger partial charge in [-0.15, -0.1) is 0 Å². The van der Waals surface area contributed by atoms with E-state index in [0.717, 1.165) is 0 Å². The van der Waals surface area contributed by atoms with Crippen molar-refractivity contribution >= 4 is 7.26 Å². The molecule has 190 valence electrons. The molecule has 0 bridgehead atoms. The number of hydrogen-bond donors (Lipinski definition) is 0. The molecule has 0 spiro atoms. The molecule has 0 radical (unpaired) electrons. The Kier molecular flexibility index (Phi) is 15.6. The summed E-state index contributed by atoms with van der Waals surface area (Å²) in [5.74, 6) is 0. The van der Waals surface area contributed by atoms with Crippen molar-refractivity contribution in [1.82, 2.24) is 0 Å². The molecular weight excluding hydrogens is 554 g/mol. The van der Waals surface area contributed by atoms with E-state index in [1.165, 1.54) is 106 Å². The van der Waals surface area contributed by atoms with Crippen molar-refractivity contribution in [3.63, 3.8) is 0 Å². The highest BCUT2D eigenvalue weighted by Crippen LogP contribution is 2.67. The van der Waals surface area contributed by atoms with E-state index in [9.17, 15) is 0 Å². The summed E-state index contributed by atoms with van der Waals surface area (Å²) in [6.45, 7) is 2.30. The van der Waals surface area contributed by atoms with Crippen LogP contribution in [-0.4, -0.2) is 6.16 Å². The predicted molar refractivity (Wildman–Crippen MR) is 154 cm³/mol. The van der Waals surface area contributed by atoms with Crippen molar-refractivity contribution in [3.05, 3.63) is 108 Å². The third-order valence-corrected chi connectivity index (χ3v) is 11.4. The highest BCUT2D eigenvalue weighted by atomic mass is 127. The van der Waals surface area contributed by atoms with Crippen LogP contribution in [0.15, 0.2) is 91.0 Å². The molecule has 0 aliphatic carbocycles. The standard InChI is InChI=1S/C33H46P.HI/c1-2-3-4-5-6-7-8-9-10-20-27-34(28-31-21-14-11-15-22-31,29-32-23-16-12-17-24-32)30-33-25-18-13-19-26-33;/h11-19,21-26H,2-10,20,27-30H2,1H3;1H/q+1;/p-1. The van der Waals surface area contributed by atoms with Crippen molar-refractivity contribution in [2.45, 2.75) is 89.6 Å². The van der Waals surface area contributed by atoms with Gasteiger partial charge in [0.05, 0.1) is 24.6 Å². The van der Waals surface area contributed by atoms with E-state index in [-0.39, 0.29) is 24.0 Å². The van der Waals surface area contributed by atoms with Gasteiger partial charge in [-0.25, -0.2) is 0 Å². The molecule has 35 heavy (non-hydrogen) atoms. The number of rotatable bonds is 17. The molecule has 2 heteroatoms. The number of unbranched alkanes of at least 4 members (excludes halogenated alkanes) is 9. The quantitative estimate of drug-likeness (QED) is 0.0854. The molecule has 3 aromatic carbocycles.